The van der Waals surface area contributed by atoms with Gasteiger partial charge in [-0.2, -0.15) is 9.29 Å². The highest BCUT2D eigenvalue weighted by atomic mass is 32.2. The van der Waals surface area contributed by atoms with Gasteiger partial charge >= 0.3 is 0 Å². The minimum Gasteiger partial charge on any atom is -0.494 e. The fraction of sp³-hybridized carbons (Fsp3) is 0.556. The second kappa shape index (κ2) is 7.85. The maximum atomic E-state index is 13.0. The lowest BCUT2D eigenvalue weighted by Crippen LogP contribution is -2.38. The molecular weight excluding hydrogens is 368 g/mol. The van der Waals surface area contributed by atoms with Crippen molar-refractivity contribution in [3.05, 3.63) is 29.7 Å². The molecule has 1 aromatic carbocycles. The van der Waals surface area contributed by atoms with Crippen LogP contribution in [0.2, 0.25) is 0 Å². The van der Waals surface area contributed by atoms with Gasteiger partial charge < -0.3 is 14.2 Å². The maximum absolute atomic E-state index is 13.0. The van der Waals surface area contributed by atoms with E-state index in [0.29, 0.717) is 60.6 Å². The van der Waals surface area contributed by atoms with Crippen LogP contribution < -0.4 is 9.64 Å². The molecule has 2 heterocycles. The molecule has 1 aromatic heterocycles. The van der Waals surface area contributed by atoms with E-state index < -0.39 is 10.0 Å². The molecule has 0 N–H and O–H groups in total. The molecule has 0 radical (unpaired) electrons. The topological polar surface area (TPSA) is 88.8 Å². The zero-order chi connectivity index (χ0) is 19.6. The van der Waals surface area contributed by atoms with E-state index in [1.807, 2.05) is 21.0 Å². The Bertz CT molecular complexity index is 887. The maximum Gasteiger partial charge on any atom is 0.265 e. The molecule has 0 spiro atoms. The Morgan fingerprint density at radius 1 is 1.30 bits per heavy atom. The number of benzene rings is 1. The molecule has 0 aliphatic carbocycles. The monoisotopic (exact) mass is 394 g/mol. The van der Waals surface area contributed by atoms with Gasteiger partial charge in [0.15, 0.2) is 0 Å². The van der Waals surface area contributed by atoms with Crippen LogP contribution in [0, 0.1) is 6.92 Å². The van der Waals surface area contributed by atoms with Gasteiger partial charge in [0.25, 0.3) is 5.95 Å². The van der Waals surface area contributed by atoms with E-state index in [-0.39, 0.29) is 5.92 Å². The summed E-state index contributed by atoms with van der Waals surface area (Å²) in [6.45, 7) is 5.10. The van der Waals surface area contributed by atoms with Crippen LogP contribution in [0.25, 0.3) is 0 Å². The molecule has 0 unspecified atom stereocenters. The van der Waals surface area contributed by atoms with E-state index >= 15 is 0 Å². The van der Waals surface area contributed by atoms with Gasteiger partial charge in [-0.25, -0.2) is 8.42 Å². The number of rotatable bonds is 6. The predicted molar refractivity (Wildman–Crippen MR) is 102 cm³/mol. The van der Waals surface area contributed by atoms with Crippen LogP contribution >= 0.6 is 0 Å². The Morgan fingerprint density at radius 2 is 2.00 bits per heavy atom. The van der Waals surface area contributed by atoms with Crippen molar-refractivity contribution in [2.24, 2.45) is 0 Å². The molecule has 0 atom stereocenters. The van der Waals surface area contributed by atoms with Crippen molar-refractivity contribution in [3.63, 3.8) is 0 Å². The van der Waals surface area contributed by atoms with Crippen molar-refractivity contribution in [1.82, 2.24) is 14.4 Å². The van der Waals surface area contributed by atoms with E-state index in [1.165, 1.54) is 4.31 Å². The molecule has 1 fully saturated rings. The molecule has 1 saturated heterocycles. The van der Waals surface area contributed by atoms with Crippen molar-refractivity contribution in [1.29, 1.82) is 0 Å². The molecule has 2 aromatic rings. The van der Waals surface area contributed by atoms with E-state index in [4.69, 9.17) is 9.26 Å². The van der Waals surface area contributed by atoms with E-state index in [1.54, 1.807) is 30.0 Å². The lowest BCUT2D eigenvalue weighted by Gasteiger charge is -2.30. The lowest BCUT2D eigenvalue weighted by atomic mass is 9.98. The highest BCUT2D eigenvalue weighted by Crippen LogP contribution is 2.32. The zero-order valence-corrected chi connectivity index (χ0v) is 17.0. The van der Waals surface area contributed by atoms with Crippen LogP contribution in [0.5, 0.6) is 5.75 Å². The Morgan fingerprint density at radius 3 is 2.56 bits per heavy atom. The van der Waals surface area contributed by atoms with Crippen molar-refractivity contribution >= 4 is 16.0 Å². The average molecular weight is 394 g/mol. The zero-order valence-electron chi connectivity index (χ0n) is 16.2. The number of nitrogens with zero attached hydrogens (tertiary/aromatic N) is 4. The largest absolute Gasteiger partial charge is 0.494 e. The van der Waals surface area contributed by atoms with E-state index in [9.17, 15) is 8.42 Å². The first-order chi connectivity index (χ1) is 12.8. The fourth-order valence-electron chi connectivity index (χ4n) is 3.22. The number of hydrogen-bond donors (Lipinski definition) is 0. The Balaban J connectivity index is 1.71. The number of ether oxygens (including phenoxy) is 1. The van der Waals surface area contributed by atoms with Gasteiger partial charge in [0, 0.05) is 33.1 Å². The number of hydrogen-bond acceptors (Lipinski definition) is 7. The third-order valence-electron chi connectivity index (χ3n) is 4.71. The van der Waals surface area contributed by atoms with Crippen LogP contribution in [0.4, 0.5) is 5.95 Å². The minimum absolute atomic E-state index is 0.0825. The van der Waals surface area contributed by atoms with Gasteiger partial charge in [0.1, 0.15) is 5.75 Å². The molecule has 0 bridgehead atoms. The summed E-state index contributed by atoms with van der Waals surface area (Å²) in [5.74, 6) is 1.87. The Kier molecular flexibility index (Phi) is 5.71. The number of anilines is 1. The summed E-state index contributed by atoms with van der Waals surface area (Å²) in [5, 5.41) is 3.94. The van der Waals surface area contributed by atoms with Crippen molar-refractivity contribution in [2.75, 3.05) is 38.7 Å². The summed E-state index contributed by atoms with van der Waals surface area (Å²) in [6.07, 6.45) is 1.31. The molecule has 1 aliphatic heterocycles. The molecule has 0 amide bonds. The Labute approximate surface area is 160 Å². The highest BCUT2D eigenvalue weighted by Gasteiger charge is 2.33. The number of piperidine rings is 1. The van der Waals surface area contributed by atoms with E-state index in [0.717, 1.165) is 0 Å². The quantitative estimate of drug-likeness (QED) is 0.743. The Hall–Kier alpha value is -2.13. The fourth-order valence-corrected chi connectivity index (χ4v) is 4.90. The molecular formula is C18H26N4O4S. The van der Waals surface area contributed by atoms with Gasteiger partial charge in [-0.3, -0.25) is 0 Å². The number of aromatic nitrogens is 2. The van der Waals surface area contributed by atoms with Gasteiger partial charge in [0.05, 0.1) is 11.5 Å². The molecule has 1 aliphatic rings. The standard InChI is InChI=1S/C18H26N4O4S/c1-5-25-15-6-7-16(13(2)12-15)27(23,24)22-10-8-14(9-11-22)17-19-18(20-26-17)21(3)4/h6-7,12,14H,5,8-11H2,1-4H3. The summed E-state index contributed by atoms with van der Waals surface area (Å²) in [4.78, 5) is 6.50. The van der Waals surface area contributed by atoms with Crippen LogP contribution in [0.15, 0.2) is 27.6 Å². The second-order valence-corrected chi connectivity index (χ2v) is 8.77. The van der Waals surface area contributed by atoms with Gasteiger partial charge in [-0.1, -0.05) is 0 Å². The molecule has 27 heavy (non-hydrogen) atoms. The third kappa shape index (κ3) is 4.08. The summed E-state index contributed by atoms with van der Waals surface area (Å²) in [7, 11) is 0.165. The van der Waals surface area contributed by atoms with E-state index in [2.05, 4.69) is 10.1 Å². The first kappa shape index (κ1) is 19.6. The summed E-state index contributed by atoms with van der Waals surface area (Å²) < 4.78 is 38.4. The first-order valence-corrected chi connectivity index (χ1v) is 10.5. The number of aryl methyl sites for hydroxylation is 1. The highest BCUT2D eigenvalue weighted by molar-refractivity contribution is 7.89. The summed E-state index contributed by atoms with van der Waals surface area (Å²) >= 11 is 0. The molecule has 148 valence electrons. The SMILES string of the molecule is CCOc1ccc(S(=O)(=O)N2CCC(c3nc(N(C)C)no3)CC2)c(C)c1. The molecule has 0 saturated carbocycles. The number of sulfonamides is 1. The summed E-state index contributed by atoms with van der Waals surface area (Å²) in [5.41, 5.74) is 0.690. The van der Waals surface area contributed by atoms with Crippen LogP contribution in [0.3, 0.4) is 0 Å². The van der Waals surface area contributed by atoms with Crippen molar-refractivity contribution in [3.8, 4) is 5.75 Å². The molecule has 9 heteroatoms. The van der Waals surface area contributed by atoms with Crippen molar-refractivity contribution < 1.29 is 17.7 Å². The first-order valence-electron chi connectivity index (χ1n) is 9.07. The van der Waals surface area contributed by atoms with Crippen LogP contribution in [-0.2, 0) is 10.0 Å². The van der Waals surface area contributed by atoms with Crippen molar-refractivity contribution in [2.45, 2.75) is 37.5 Å². The molecule has 8 nitrogen and oxygen atoms in total. The third-order valence-corrected chi connectivity index (χ3v) is 6.77. The average Bonchev–Trinajstić information content (AvgIpc) is 3.12. The van der Waals surface area contributed by atoms with Crippen LogP contribution in [0.1, 0.15) is 37.1 Å². The van der Waals surface area contributed by atoms with Gasteiger partial charge in [-0.05, 0) is 55.6 Å². The molecule has 3 rings (SSSR count). The summed E-state index contributed by atoms with van der Waals surface area (Å²) in [6, 6.07) is 5.10. The normalized spacial score (nSPS) is 16.4. The smallest absolute Gasteiger partial charge is 0.265 e. The predicted octanol–water partition coefficient (Wildman–Crippen LogP) is 2.41. The van der Waals surface area contributed by atoms with Crippen LogP contribution in [-0.4, -0.2) is 56.7 Å². The minimum atomic E-state index is -3.54. The lowest BCUT2D eigenvalue weighted by molar-refractivity contribution is 0.270. The van der Waals surface area contributed by atoms with Gasteiger partial charge in [-0.15, -0.1) is 0 Å². The second-order valence-electron chi connectivity index (χ2n) is 6.87. The van der Waals surface area contributed by atoms with Gasteiger partial charge in [0.2, 0.25) is 15.9 Å².